The average molecular weight is 583 g/mol. The molecule has 41 heavy (non-hydrogen) atoms. The fourth-order valence-corrected chi connectivity index (χ4v) is 6.05. The molecule has 0 saturated carbocycles. The molecule has 4 heteroatoms. The number of hydrogen-bond donors (Lipinski definition) is 3. The topological polar surface area (TPSA) is 77.8 Å². The highest BCUT2D eigenvalue weighted by Gasteiger charge is 2.01. The van der Waals surface area contributed by atoms with E-state index in [-0.39, 0.29) is 6.61 Å². The van der Waals surface area contributed by atoms with Gasteiger partial charge in [0.1, 0.15) is 0 Å². The molecule has 1 unspecified atom stereocenters. The Kier molecular flexibility index (Phi) is 35.1. The van der Waals surface area contributed by atoms with E-state index in [4.69, 9.17) is 10.2 Å². The lowest BCUT2D eigenvalue weighted by Gasteiger charge is -2.06. The zero-order chi connectivity index (χ0) is 29.9. The van der Waals surface area contributed by atoms with Crippen LogP contribution in [0, 0.1) is 0 Å². The quantitative estimate of drug-likeness (QED) is 0.0642. The van der Waals surface area contributed by atoms with Crippen LogP contribution in [0.4, 0.5) is 0 Å². The molecular formula is C37H74O4. The van der Waals surface area contributed by atoms with Gasteiger partial charge in [-0.1, -0.05) is 199 Å². The van der Waals surface area contributed by atoms with E-state index in [2.05, 4.69) is 0 Å². The van der Waals surface area contributed by atoms with E-state index in [0.29, 0.717) is 6.42 Å². The largest absolute Gasteiger partial charge is 0.481 e. The predicted molar refractivity (Wildman–Crippen MR) is 178 cm³/mol. The van der Waals surface area contributed by atoms with Crippen molar-refractivity contribution in [3.8, 4) is 0 Å². The molecule has 0 rings (SSSR count). The number of rotatable bonds is 36. The fraction of sp³-hybridized carbons (Fsp3) is 0.973. The van der Waals surface area contributed by atoms with Crippen molar-refractivity contribution in [3.63, 3.8) is 0 Å². The number of aliphatic carboxylic acids is 1. The molecule has 0 spiro atoms. The minimum absolute atomic E-state index is 0.0904. The Morgan fingerprint density at radius 3 is 0.756 bits per heavy atom. The van der Waals surface area contributed by atoms with Crippen molar-refractivity contribution in [2.45, 2.75) is 224 Å². The molecule has 0 bridgehead atoms. The van der Waals surface area contributed by atoms with Crippen molar-refractivity contribution in [2.24, 2.45) is 0 Å². The van der Waals surface area contributed by atoms with Crippen LogP contribution in [0.2, 0.25) is 0 Å². The summed E-state index contributed by atoms with van der Waals surface area (Å²) < 4.78 is 0. The second kappa shape index (κ2) is 35.6. The lowest BCUT2D eigenvalue weighted by atomic mass is 10.0. The van der Waals surface area contributed by atoms with Crippen LogP contribution < -0.4 is 0 Å². The third kappa shape index (κ3) is 37.4. The van der Waals surface area contributed by atoms with Gasteiger partial charge in [-0.05, 0) is 12.8 Å². The van der Waals surface area contributed by atoms with Crippen LogP contribution in [0.1, 0.15) is 218 Å². The van der Waals surface area contributed by atoms with Crippen molar-refractivity contribution in [2.75, 3.05) is 6.61 Å². The second-order valence-electron chi connectivity index (χ2n) is 13.1. The minimum Gasteiger partial charge on any atom is -0.481 e. The number of carbonyl (C=O) groups is 1. The summed E-state index contributed by atoms with van der Waals surface area (Å²) in [5.74, 6) is -0.653. The maximum atomic E-state index is 10.5. The normalized spacial score (nSPS) is 12.2. The van der Waals surface area contributed by atoms with Gasteiger partial charge in [-0.15, -0.1) is 0 Å². The van der Waals surface area contributed by atoms with Gasteiger partial charge in [0.15, 0.2) is 0 Å². The first kappa shape index (κ1) is 40.4. The van der Waals surface area contributed by atoms with Gasteiger partial charge in [-0.25, -0.2) is 0 Å². The van der Waals surface area contributed by atoms with Crippen molar-refractivity contribution in [3.05, 3.63) is 0 Å². The summed E-state index contributed by atoms with van der Waals surface area (Å²) in [4.78, 5) is 10.5. The first-order valence-corrected chi connectivity index (χ1v) is 18.7. The number of carboxylic acids is 1. The van der Waals surface area contributed by atoms with Gasteiger partial charge in [-0.2, -0.15) is 0 Å². The highest BCUT2D eigenvalue weighted by molar-refractivity contribution is 5.66. The standard InChI is InChI=1S/C37H74O4/c38-35-36(39)33-31-29-27-25-23-21-19-17-15-13-11-9-7-5-3-1-2-4-6-8-10-12-14-16-18-20-22-24-26-28-30-32-34-37(40)41/h36,38-39H,1-35H2,(H,40,41). The maximum absolute atomic E-state index is 10.5. The molecule has 1 atom stereocenters. The molecule has 0 saturated heterocycles. The molecule has 0 aliphatic carbocycles. The molecule has 0 amide bonds. The molecule has 3 N–H and O–H groups in total. The molecule has 0 heterocycles. The van der Waals surface area contributed by atoms with Gasteiger partial charge in [0.2, 0.25) is 0 Å². The van der Waals surface area contributed by atoms with Gasteiger partial charge in [0, 0.05) is 6.42 Å². The third-order valence-corrected chi connectivity index (χ3v) is 8.89. The van der Waals surface area contributed by atoms with Crippen molar-refractivity contribution >= 4 is 5.97 Å². The Bertz CT molecular complexity index is 495. The van der Waals surface area contributed by atoms with Gasteiger partial charge < -0.3 is 15.3 Å². The third-order valence-electron chi connectivity index (χ3n) is 8.89. The van der Waals surface area contributed by atoms with E-state index in [0.717, 1.165) is 25.7 Å². The summed E-state index contributed by atoms with van der Waals surface area (Å²) in [5, 5.41) is 26.8. The van der Waals surface area contributed by atoms with Crippen molar-refractivity contribution in [1.82, 2.24) is 0 Å². The van der Waals surface area contributed by atoms with E-state index in [1.54, 1.807) is 0 Å². The zero-order valence-corrected chi connectivity index (χ0v) is 27.6. The van der Waals surface area contributed by atoms with Crippen LogP contribution in [0.5, 0.6) is 0 Å². The number of aliphatic hydroxyl groups is 2. The number of carboxylic acid groups (broad SMARTS) is 1. The molecule has 0 fully saturated rings. The van der Waals surface area contributed by atoms with Gasteiger partial charge in [0.05, 0.1) is 12.7 Å². The van der Waals surface area contributed by atoms with E-state index in [9.17, 15) is 9.90 Å². The first-order valence-electron chi connectivity index (χ1n) is 18.7. The molecule has 0 aliphatic rings. The van der Waals surface area contributed by atoms with E-state index in [1.807, 2.05) is 0 Å². The van der Waals surface area contributed by atoms with Crippen LogP contribution in [0.15, 0.2) is 0 Å². The molecule has 0 aromatic rings. The Labute approximate surface area is 256 Å². The number of hydrogen-bond acceptors (Lipinski definition) is 3. The lowest BCUT2D eigenvalue weighted by molar-refractivity contribution is -0.137. The summed E-state index contributed by atoms with van der Waals surface area (Å²) in [6.45, 7) is -0.0904. The Hall–Kier alpha value is -0.610. The number of aliphatic hydroxyl groups excluding tert-OH is 2. The smallest absolute Gasteiger partial charge is 0.303 e. The molecule has 4 nitrogen and oxygen atoms in total. The monoisotopic (exact) mass is 583 g/mol. The van der Waals surface area contributed by atoms with Crippen LogP contribution >= 0.6 is 0 Å². The predicted octanol–water partition coefficient (Wildman–Crippen LogP) is 11.7. The molecule has 246 valence electrons. The summed E-state index contributed by atoms with van der Waals surface area (Å²) in [6.07, 6.45) is 44.0. The molecule has 0 aliphatic heterocycles. The Morgan fingerprint density at radius 1 is 0.366 bits per heavy atom. The van der Waals surface area contributed by atoms with E-state index in [1.165, 1.54) is 186 Å². The first-order chi connectivity index (χ1) is 20.2. The lowest BCUT2D eigenvalue weighted by Crippen LogP contribution is -2.10. The Morgan fingerprint density at radius 2 is 0.561 bits per heavy atom. The van der Waals surface area contributed by atoms with Crippen molar-refractivity contribution in [1.29, 1.82) is 0 Å². The highest BCUT2D eigenvalue weighted by Crippen LogP contribution is 2.17. The molecular weight excluding hydrogens is 508 g/mol. The van der Waals surface area contributed by atoms with Crippen molar-refractivity contribution < 1.29 is 20.1 Å². The van der Waals surface area contributed by atoms with Gasteiger partial charge >= 0.3 is 5.97 Å². The minimum atomic E-state index is -0.653. The fourth-order valence-electron chi connectivity index (χ4n) is 6.05. The van der Waals surface area contributed by atoms with Gasteiger partial charge in [0.25, 0.3) is 0 Å². The average Bonchev–Trinajstić information content (AvgIpc) is 2.97. The van der Waals surface area contributed by atoms with Gasteiger partial charge in [-0.3, -0.25) is 4.79 Å². The van der Waals surface area contributed by atoms with Crippen LogP contribution in [-0.2, 0) is 4.79 Å². The van der Waals surface area contributed by atoms with Crippen LogP contribution in [0.25, 0.3) is 0 Å². The summed E-state index contributed by atoms with van der Waals surface area (Å²) in [6, 6.07) is 0. The Balaban J connectivity index is 3.05. The number of unbranched alkanes of at least 4 members (excludes halogenated alkanes) is 31. The van der Waals surface area contributed by atoms with Crippen LogP contribution in [0.3, 0.4) is 0 Å². The van der Waals surface area contributed by atoms with Crippen LogP contribution in [-0.4, -0.2) is 34.0 Å². The molecule has 0 aromatic heterocycles. The maximum Gasteiger partial charge on any atom is 0.303 e. The van der Waals surface area contributed by atoms with E-state index >= 15 is 0 Å². The summed E-state index contributed by atoms with van der Waals surface area (Å²) >= 11 is 0. The highest BCUT2D eigenvalue weighted by atomic mass is 16.4. The second-order valence-corrected chi connectivity index (χ2v) is 13.1. The SMILES string of the molecule is O=C(O)CCCCCCCCCCCCCCCCCCCCCCCCCCCCCCCCCCC(O)CO. The molecule has 0 radical (unpaired) electrons. The summed E-state index contributed by atoms with van der Waals surface area (Å²) in [5.41, 5.74) is 0. The zero-order valence-electron chi connectivity index (χ0n) is 27.6. The summed E-state index contributed by atoms with van der Waals surface area (Å²) in [7, 11) is 0. The molecule has 0 aromatic carbocycles. The van der Waals surface area contributed by atoms with E-state index < -0.39 is 12.1 Å².